The van der Waals surface area contributed by atoms with Gasteiger partial charge in [0.2, 0.25) is 5.91 Å². The molecule has 1 aliphatic heterocycles. The van der Waals surface area contributed by atoms with Crippen LogP contribution in [0, 0.1) is 0 Å². The van der Waals surface area contributed by atoms with Crippen molar-refractivity contribution in [2.45, 2.75) is 32.6 Å². The molecule has 0 saturated carbocycles. The lowest BCUT2D eigenvalue weighted by molar-refractivity contribution is -0.127. The number of nitrogens with zero attached hydrogens (tertiary/aromatic N) is 4. The number of nitrogens with one attached hydrogen (secondary N) is 2. The number of likely N-dealkylation sites (tertiary alicyclic amines) is 1. The molecule has 2 N–H and O–H groups in total. The minimum atomic E-state index is -0.305. The fraction of sp³-hybridized carbons (Fsp3) is 0.364. The second-order valence-electron chi connectivity index (χ2n) is 7.58. The molecule has 31 heavy (non-hydrogen) atoms. The van der Waals surface area contributed by atoms with Crippen LogP contribution in [0.5, 0.6) is 0 Å². The highest BCUT2D eigenvalue weighted by molar-refractivity contribution is 6.30. The van der Waals surface area contributed by atoms with Gasteiger partial charge in [-0.15, -0.1) is 0 Å². The molecular formula is C22H25ClN6O2. The molecule has 1 aliphatic rings. The molecular weight excluding hydrogens is 416 g/mol. The van der Waals surface area contributed by atoms with Crippen LogP contribution < -0.4 is 10.6 Å². The molecule has 2 aromatic heterocycles. The highest BCUT2D eigenvalue weighted by Crippen LogP contribution is 2.29. The zero-order valence-electron chi connectivity index (χ0n) is 17.6. The molecule has 9 heteroatoms. The molecule has 2 amide bonds. The number of carbonyl (C=O) groups is 2. The number of aromatic nitrogens is 3. The van der Waals surface area contributed by atoms with Crippen LogP contribution in [0.2, 0.25) is 5.02 Å². The summed E-state index contributed by atoms with van der Waals surface area (Å²) in [6.07, 6.45) is 2.88. The first-order valence-electron chi connectivity index (χ1n) is 10.5. The number of hydrogen-bond donors (Lipinski definition) is 2. The topological polar surface area (TPSA) is 91.6 Å². The SMILES string of the molecule is CCCNc1cc([C@@H]2CC(=O)N(CC)C2)nc2c(C(=O)Nc3ccc(Cl)cc3)cnn12. The van der Waals surface area contributed by atoms with E-state index in [-0.39, 0.29) is 17.7 Å². The highest BCUT2D eigenvalue weighted by atomic mass is 35.5. The zero-order chi connectivity index (χ0) is 22.0. The van der Waals surface area contributed by atoms with Crippen LogP contribution in [0.25, 0.3) is 5.65 Å². The van der Waals surface area contributed by atoms with Crippen LogP contribution >= 0.6 is 11.6 Å². The minimum Gasteiger partial charge on any atom is -0.370 e. The number of rotatable bonds is 7. The van der Waals surface area contributed by atoms with Gasteiger partial charge in [-0.1, -0.05) is 18.5 Å². The predicted molar refractivity (Wildman–Crippen MR) is 121 cm³/mol. The number of anilines is 2. The monoisotopic (exact) mass is 440 g/mol. The normalized spacial score (nSPS) is 16.2. The van der Waals surface area contributed by atoms with Gasteiger partial charge in [0.15, 0.2) is 5.65 Å². The summed E-state index contributed by atoms with van der Waals surface area (Å²) in [6.45, 7) is 6.12. The van der Waals surface area contributed by atoms with Gasteiger partial charge in [0, 0.05) is 48.7 Å². The van der Waals surface area contributed by atoms with Gasteiger partial charge in [-0.3, -0.25) is 9.59 Å². The van der Waals surface area contributed by atoms with E-state index in [1.165, 1.54) is 6.20 Å². The van der Waals surface area contributed by atoms with Gasteiger partial charge < -0.3 is 15.5 Å². The molecule has 0 unspecified atom stereocenters. The maximum absolute atomic E-state index is 13.0. The Morgan fingerprint density at radius 2 is 2.03 bits per heavy atom. The average molecular weight is 441 g/mol. The van der Waals surface area contributed by atoms with Crippen molar-refractivity contribution >= 4 is 40.6 Å². The quantitative estimate of drug-likeness (QED) is 0.583. The third-order valence-corrected chi connectivity index (χ3v) is 5.66. The number of fused-ring (bicyclic) bond motifs is 1. The van der Waals surface area contributed by atoms with Crippen molar-refractivity contribution in [3.8, 4) is 0 Å². The Morgan fingerprint density at radius 3 is 2.71 bits per heavy atom. The molecule has 0 spiro atoms. The molecule has 0 aliphatic carbocycles. The summed E-state index contributed by atoms with van der Waals surface area (Å²) in [5, 5.41) is 11.2. The fourth-order valence-electron chi connectivity index (χ4n) is 3.74. The highest BCUT2D eigenvalue weighted by Gasteiger charge is 2.31. The van der Waals surface area contributed by atoms with Crippen LogP contribution in [-0.4, -0.2) is 50.9 Å². The Balaban J connectivity index is 1.70. The van der Waals surface area contributed by atoms with E-state index in [0.29, 0.717) is 41.4 Å². The van der Waals surface area contributed by atoms with Crippen molar-refractivity contribution in [1.29, 1.82) is 0 Å². The van der Waals surface area contributed by atoms with Gasteiger partial charge in [-0.25, -0.2) is 4.98 Å². The van der Waals surface area contributed by atoms with E-state index in [2.05, 4.69) is 22.7 Å². The van der Waals surface area contributed by atoms with E-state index in [1.807, 2.05) is 17.9 Å². The maximum atomic E-state index is 13.0. The van der Waals surface area contributed by atoms with E-state index in [1.54, 1.807) is 28.8 Å². The molecule has 0 radical (unpaired) electrons. The Bertz CT molecular complexity index is 1110. The lowest BCUT2D eigenvalue weighted by atomic mass is 10.0. The Labute approximate surface area is 185 Å². The molecule has 1 aromatic carbocycles. The maximum Gasteiger partial charge on any atom is 0.261 e. The van der Waals surface area contributed by atoms with Crippen LogP contribution in [0.3, 0.4) is 0 Å². The first-order chi connectivity index (χ1) is 15.0. The largest absolute Gasteiger partial charge is 0.370 e. The zero-order valence-corrected chi connectivity index (χ0v) is 18.3. The molecule has 162 valence electrons. The molecule has 3 heterocycles. The summed E-state index contributed by atoms with van der Waals surface area (Å²) in [4.78, 5) is 31.8. The number of likely N-dealkylation sites (N-methyl/N-ethyl adjacent to an activating group) is 1. The number of amides is 2. The van der Waals surface area contributed by atoms with Crippen LogP contribution in [0.1, 0.15) is 48.7 Å². The third kappa shape index (κ3) is 4.34. The van der Waals surface area contributed by atoms with Crippen molar-refractivity contribution in [3.63, 3.8) is 0 Å². The van der Waals surface area contributed by atoms with Crippen molar-refractivity contribution in [2.75, 3.05) is 30.3 Å². The minimum absolute atomic E-state index is 0.0123. The van der Waals surface area contributed by atoms with E-state index in [9.17, 15) is 9.59 Å². The Morgan fingerprint density at radius 1 is 1.26 bits per heavy atom. The molecule has 1 saturated heterocycles. The second-order valence-corrected chi connectivity index (χ2v) is 8.02. The summed E-state index contributed by atoms with van der Waals surface area (Å²) in [7, 11) is 0. The van der Waals surface area contributed by atoms with Gasteiger partial charge in [0.25, 0.3) is 5.91 Å². The van der Waals surface area contributed by atoms with Crippen molar-refractivity contribution < 1.29 is 9.59 Å². The molecule has 1 atom stereocenters. The lowest BCUT2D eigenvalue weighted by Gasteiger charge is -2.15. The van der Waals surface area contributed by atoms with Gasteiger partial charge >= 0.3 is 0 Å². The average Bonchev–Trinajstić information content (AvgIpc) is 3.37. The van der Waals surface area contributed by atoms with Gasteiger partial charge in [-0.05, 0) is 37.6 Å². The Hall–Kier alpha value is -3.13. The van der Waals surface area contributed by atoms with E-state index >= 15 is 0 Å². The van der Waals surface area contributed by atoms with Crippen LogP contribution in [0.4, 0.5) is 11.5 Å². The van der Waals surface area contributed by atoms with E-state index in [0.717, 1.165) is 24.5 Å². The summed E-state index contributed by atoms with van der Waals surface area (Å²) in [6, 6.07) is 8.85. The Kier molecular flexibility index (Phi) is 6.08. The standard InChI is InChI=1S/C22H25ClN6O2/c1-3-9-24-19-11-18(14-10-20(30)28(4-2)13-14)27-21-17(12-25-29(19)21)22(31)26-16-7-5-15(23)6-8-16/h5-8,11-12,14,24H,3-4,9-10,13H2,1-2H3,(H,26,31)/t14-/m1/s1. The predicted octanol–water partition coefficient (Wildman–Crippen LogP) is 3.79. The first-order valence-corrected chi connectivity index (χ1v) is 10.8. The number of hydrogen-bond acceptors (Lipinski definition) is 5. The van der Waals surface area contributed by atoms with Gasteiger partial charge in [0.05, 0.1) is 11.9 Å². The van der Waals surface area contributed by atoms with E-state index in [4.69, 9.17) is 16.6 Å². The van der Waals surface area contributed by atoms with Crippen molar-refractivity contribution in [1.82, 2.24) is 19.5 Å². The molecule has 3 aromatic rings. The molecule has 4 rings (SSSR count). The first kappa shape index (κ1) is 21.1. The summed E-state index contributed by atoms with van der Waals surface area (Å²) in [5.74, 6) is 0.573. The molecule has 0 bridgehead atoms. The van der Waals surface area contributed by atoms with Crippen molar-refractivity contribution in [2.24, 2.45) is 0 Å². The van der Waals surface area contributed by atoms with Crippen LogP contribution in [0.15, 0.2) is 36.5 Å². The molecule has 1 fully saturated rings. The van der Waals surface area contributed by atoms with Crippen LogP contribution in [-0.2, 0) is 4.79 Å². The number of carbonyl (C=O) groups excluding carboxylic acids is 2. The lowest BCUT2D eigenvalue weighted by Crippen LogP contribution is -2.24. The molecule has 8 nitrogen and oxygen atoms in total. The summed E-state index contributed by atoms with van der Waals surface area (Å²) in [5.41, 5.74) is 2.25. The van der Waals surface area contributed by atoms with Crippen molar-refractivity contribution in [3.05, 3.63) is 52.8 Å². The second kappa shape index (κ2) is 8.93. The number of benzene rings is 1. The van der Waals surface area contributed by atoms with Gasteiger partial charge in [-0.2, -0.15) is 9.61 Å². The fourth-order valence-corrected chi connectivity index (χ4v) is 3.86. The third-order valence-electron chi connectivity index (χ3n) is 5.41. The smallest absolute Gasteiger partial charge is 0.261 e. The number of halogens is 1. The van der Waals surface area contributed by atoms with E-state index < -0.39 is 0 Å². The van der Waals surface area contributed by atoms with Gasteiger partial charge in [0.1, 0.15) is 11.4 Å². The summed E-state index contributed by atoms with van der Waals surface area (Å²) >= 11 is 5.93. The summed E-state index contributed by atoms with van der Waals surface area (Å²) < 4.78 is 1.64.